The zero-order valence-corrected chi connectivity index (χ0v) is 15.2. The van der Waals surface area contributed by atoms with Gasteiger partial charge in [0.25, 0.3) is 0 Å². The predicted molar refractivity (Wildman–Crippen MR) is 91.3 cm³/mol. The number of rotatable bonds is 9. The lowest BCUT2D eigenvalue weighted by atomic mass is 9.90. The smallest absolute Gasteiger partial charge is 0.222 e. The fourth-order valence-corrected chi connectivity index (χ4v) is 1.70. The van der Waals surface area contributed by atoms with Crippen LogP contribution in [0.3, 0.4) is 0 Å². The first-order valence-electron chi connectivity index (χ1n) is 7.96. The summed E-state index contributed by atoms with van der Waals surface area (Å²) in [6.07, 6.45) is 0.244. The van der Waals surface area contributed by atoms with Crippen LogP contribution < -0.4 is 16.0 Å². The summed E-state index contributed by atoms with van der Waals surface area (Å²) >= 11 is 0. The molecule has 2 amide bonds. The molecule has 128 valence electrons. The lowest BCUT2D eigenvalue weighted by Crippen LogP contribution is -2.50. The molecule has 0 aliphatic carbocycles. The van der Waals surface area contributed by atoms with E-state index in [1.807, 2.05) is 27.7 Å². The molecule has 22 heavy (non-hydrogen) atoms. The van der Waals surface area contributed by atoms with Crippen molar-refractivity contribution in [3.05, 3.63) is 12.3 Å². The Morgan fingerprint density at radius 2 is 1.68 bits per heavy atom. The highest BCUT2D eigenvalue weighted by atomic mass is 16.2. The summed E-state index contributed by atoms with van der Waals surface area (Å²) in [5, 5.41) is 9.04. The molecule has 1 unspecified atom stereocenters. The summed E-state index contributed by atoms with van der Waals surface area (Å²) in [7, 11) is 0. The van der Waals surface area contributed by atoms with Crippen LogP contribution in [0, 0.1) is 11.8 Å². The molecule has 0 aliphatic rings. The highest BCUT2D eigenvalue weighted by Crippen LogP contribution is 2.15. The first-order valence-corrected chi connectivity index (χ1v) is 7.96. The van der Waals surface area contributed by atoms with Crippen molar-refractivity contribution in [1.29, 1.82) is 0 Å². The molecule has 0 rings (SSSR count). The molecule has 0 heterocycles. The van der Waals surface area contributed by atoms with Gasteiger partial charge in [-0.2, -0.15) is 0 Å². The Balaban J connectivity index is 4.61. The topological polar surface area (TPSA) is 70.2 Å². The van der Waals surface area contributed by atoms with Crippen LogP contribution in [-0.4, -0.2) is 29.9 Å². The Kier molecular flexibility index (Phi) is 8.20. The fraction of sp³-hybridized carbons (Fsp3) is 0.765. The van der Waals surface area contributed by atoms with Crippen molar-refractivity contribution in [2.45, 2.75) is 66.5 Å². The predicted octanol–water partition coefficient (Wildman–Crippen LogP) is 2.19. The van der Waals surface area contributed by atoms with E-state index >= 15 is 0 Å². The van der Waals surface area contributed by atoms with Crippen molar-refractivity contribution in [2.24, 2.45) is 11.8 Å². The van der Waals surface area contributed by atoms with Crippen LogP contribution >= 0.6 is 0 Å². The van der Waals surface area contributed by atoms with Gasteiger partial charge in [0.05, 0.1) is 6.04 Å². The van der Waals surface area contributed by atoms with Crippen LogP contribution in [0.15, 0.2) is 12.3 Å². The van der Waals surface area contributed by atoms with Crippen LogP contribution in [0.1, 0.15) is 54.9 Å². The molecule has 5 heteroatoms. The molecule has 0 saturated heterocycles. The molecule has 0 aromatic rings. The Bertz CT molecular complexity index is 401. The van der Waals surface area contributed by atoms with Crippen molar-refractivity contribution in [1.82, 2.24) is 16.0 Å². The van der Waals surface area contributed by atoms with E-state index in [9.17, 15) is 9.59 Å². The van der Waals surface area contributed by atoms with Crippen LogP contribution in [0.4, 0.5) is 0 Å². The highest BCUT2D eigenvalue weighted by molar-refractivity contribution is 5.79. The molecule has 3 N–H and O–H groups in total. The minimum absolute atomic E-state index is 0.0607. The van der Waals surface area contributed by atoms with Gasteiger partial charge in [0, 0.05) is 31.1 Å². The molecule has 0 spiro atoms. The summed E-state index contributed by atoms with van der Waals surface area (Å²) in [6, 6.07) is -0.254. The van der Waals surface area contributed by atoms with Crippen molar-refractivity contribution in [2.75, 3.05) is 6.54 Å². The second-order valence-corrected chi connectivity index (χ2v) is 7.09. The van der Waals surface area contributed by atoms with Gasteiger partial charge in [-0.15, -0.1) is 0 Å². The molecule has 0 aliphatic heterocycles. The molecule has 0 aromatic heterocycles. The lowest BCUT2D eigenvalue weighted by molar-refractivity contribution is -0.124. The van der Waals surface area contributed by atoms with Gasteiger partial charge in [0.2, 0.25) is 11.8 Å². The van der Waals surface area contributed by atoms with E-state index in [0.717, 1.165) is 5.70 Å². The zero-order chi connectivity index (χ0) is 17.5. The number of amides is 2. The van der Waals surface area contributed by atoms with Gasteiger partial charge in [-0.3, -0.25) is 9.59 Å². The van der Waals surface area contributed by atoms with Crippen LogP contribution in [-0.2, 0) is 9.59 Å². The number of nitrogens with one attached hydrogen (secondary N) is 3. The average molecular weight is 311 g/mol. The molecule has 0 radical (unpaired) electrons. The third-order valence-corrected chi connectivity index (χ3v) is 4.02. The third kappa shape index (κ3) is 8.05. The van der Waals surface area contributed by atoms with Crippen molar-refractivity contribution >= 4 is 11.8 Å². The average Bonchev–Trinajstić information content (AvgIpc) is 2.33. The Morgan fingerprint density at radius 3 is 2.09 bits per heavy atom. The van der Waals surface area contributed by atoms with E-state index in [-0.39, 0.29) is 29.8 Å². The largest absolute Gasteiger partial charge is 0.387 e. The summed E-state index contributed by atoms with van der Waals surface area (Å²) in [5.41, 5.74) is 0.630. The molecule has 0 aromatic carbocycles. The number of hydrogen-bond acceptors (Lipinski definition) is 3. The van der Waals surface area contributed by atoms with E-state index in [4.69, 9.17) is 0 Å². The van der Waals surface area contributed by atoms with Gasteiger partial charge in [0.1, 0.15) is 0 Å². The van der Waals surface area contributed by atoms with E-state index < -0.39 is 0 Å². The Morgan fingerprint density at radius 1 is 1.14 bits per heavy atom. The second-order valence-electron chi connectivity index (χ2n) is 7.09. The van der Waals surface area contributed by atoms with Gasteiger partial charge in [-0.1, -0.05) is 34.3 Å². The maximum Gasteiger partial charge on any atom is 0.222 e. The minimum atomic E-state index is -0.271. The molecular formula is C17H33N3O2. The highest BCUT2D eigenvalue weighted by Gasteiger charge is 2.25. The van der Waals surface area contributed by atoms with Gasteiger partial charge < -0.3 is 16.0 Å². The van der Waals surface area contributed by atoms with Gasteiger partial charge >= 0.3 is 0 Å². The number of allylic oxidation sites excluding steroid dienone is 1. The fourth-order valence-electron chi connectivity index (χ4n) is 1.70. The molecular weight excluding hydrogens is 278 g/mol. The summed E-state index contributed by atoms with van der Waals surface area (Å²) in [5.74, 6) is 0.438. The third-order valence-electron chi connectivity index (χ3n) is 4.02. The van der Waals surface area contributed by atoms with Crippen LogP contribution in [0.2, 0.25) is 0 Å². The quantitative estimate of drug-likeness (QED) is 0.611. The summed E-state index contributed by atoms with van der Waals surface area (Å²) in [4.78, 5) is 23.5. The molecule has 5 nitrogen and oxygen atoms in total. The van der Waals surface area contributed by atoms with Gasteiger partial charge in [-0.25, -0.2) is 0 Å². The maximum atomic E-state index is 12.2. The first-order chi connectivity index (χ1) is 9.95. The first kappa shape index (κ1) is 20.5. The number of hydrogen-bond donors (Lipinski definition) is 3. The van der Waals surface area contributed by atoms with Crippen molar-refractivity contribution < 1.29 is 9.59 Å². The van der Waals surface area contributed by atoms with E-state index in [2.05, 4.69) is 36.4 Å². The molecule has 1 atom stereocenters. The van der Waals surface area contributed by atoms with Crippen LogP contribution in [0.25, 0.3) is 0 Å². The Hall–Kier alpha value is -1.52. The standard InChI is InChI=1S/C17H33N3O2/c1-11(2)13(5)18-10-15(19-14(6)21)9-16(22)20-17(7,8)12(3)4/h11-12,15,18H,5,9-10H2,1-4,6-8H3,(H,19,21)(H,20,22). The van der Waals surface area contributed by atoms with Crippen molar-refractivity contribution in [3.8, 4) is 0 Å². The van der Waals surface area contributed by atoms with Crippen molar-refractivity contribution in [3.63, 3.8) is 0 Å². The van der Waals surface area contributed by atoms with E-state index in [0.29, 0.717) is 18.4 Å². The molecule has 0 fully saturated rings. The maximum absolute atomic E-state index is 12.2. The van der Waals surface area contributed by atoms with Gasteiger partial charge in [-0.05, 0) is 25.7 Å². The minimum Gasteiger partial charge on any atom is -0.387 e. The molecule has 0 saturated carbocycles. The monoisotopic (exact) mass is 311 g/mol. The summed E-state index contributed by atoms with van der Waals surface area (Å²) < 4.78 is 0. The van der Waals surface area contributed by atoms with Gasteiger partial charge in [0.15, 0.2) is 0 Å². The lowest BCUT2D eigenvalue weighted by Gasteiger charge is -2.31. The second kappa shape index (κ2) is 8.81. The number of carbonyl (C=O) groups is 2. The van der Waals surface area contributed by atoms with E-state index in [1.165, 1.54) is 6.92 Å². The normalized spacial score (nSPS) is 13.0. The van der Waals surface area contributed by atoms with E-state index in [1.54, 1.807) is 0 Å². The summed E-state index contributed by atoms with van der Waals surface area (Å²) in [6.45, 7) is 18.1. The molecule has 0 bridgehead atoms. The number of carbonyl (C=O) groups excluding carboxylic acids is 2. The van der Waals surface area contributed by atoms with Crippen LogP contribution in [0.5, 0.6) is 0 Å². The SMILES string of the molecule is C=C(NCC(CC(=O)NC(C)(C)C(C)C)NC(C)=O)C(C)C. The zero-order valence-electron chi connectivity index (χ0n) is 15.2. The Labute approximate surface area is 135 Å².